The molecular formula is C27H39N3O3. The van der Waals surface area contributed by atoms with E-state index in [0.29, 0.717) is 13.1 Å². The molecule has 1 aliphatic heterocycles. The molecule has 180 valence electrons. The van der Waals surface area contributed by atoms with Crippen molar-refractivity contribution in [3.05, 3.63) is 36.0 Å². The van der Waals surface area contributed by atoms with Crippen LogP contribution < -0.4 is 0 Å². The molecule has 6 heteroatoms. The molecule has 2 fully saturated rings. The van der Waals surface area contributed by atoms with Crippen molar-refractivity contribution in [1.29, 1.82) is 0 Å². The SMILES string of the molecule is CC(C)(C)OC(=O)N1CCN(CCn2cc(C(=O)C3C(C)(C)C3(C)C)c3ccccc32)CC1. The molecule has 0 bridgehead atoms. The first-order chi connectivity index (χ1) is 15.3. The van der Waals surface area contributed by atoms with Gasteiger partial charge in [0, 0.05) is 67.8 Å². The van der Waals surface area contributed by atoms with Crippen molar-refractivity contribution in [3.8, 4) is 0 Å². The largest absolute Gasteiger partial charge is 0.444 e. The number of carbonyl (C=O) groups is 2. The van der Waals surface area contributed by atoms with Gasteiger partial charge in [-0.3, -0.25) is 9.69 Å². The van der Waals surface area contributed by atoms with Gasteiger partial charge in [0.2, 0.25) is 0 Å². The third-order valence-corrected chi connectivity index (χ3v) is 8.02. The first-order valence-corrected chi connectivity index (χ1v) is 12.2. The fraction of sp³-hybridized carbons (Fsp3) is 0.630. The smallest absolute Gasteiger partial charge is 0.410 e. The third-order valence-electron chi connectivity index (χ3n) is 8.02. The Balaban J connectivity index is 1.42. The summed E-state index contributed by atoms with van der Waals surface area (Å²) in [5, 5.41) is 1.05. The topological polar surface area (TPSA) is 54.8 Å². The van der Waals surface area contributed by atoms with Crippen LogP contribution in [0.1, 0.15) is 58.8 Å². The van der Waals surface area contributed by atoms with Crippen molar-refractivity contribution in [2.45, 2.75) is 60.6 Å². The van der Waals surface area contributed by atoms with E-state index in [2.05, 4.69) is 55.5 Å². The number of ether oxygens (including phenoxy) is 1. The third kappa shape index (κ3) is 4.42. The van der Waals surface area contributed by atoms with Gasteiger partial charge in [-0.25, -0.2) is 4.79 Å². The quantitative estimate of drug-likeness (QED) is 0.594. The zero-order valence-electron chi connectivity index (χ0n) is 21.3. The second-order valence-electron chi connectivity index (χ2n) is 11.8. The van der Waals surface area contributed by atoms with Gasteiger partial charge in [0.1, 0.15) is 5.60 Å². The summed E-state index contributed by atoms with van der Waals surface area (Å²) in [6.45, 7) is 19.2. The Kier molecular flexibility index (Phi) is 5.88. The number of carbonyl (C=O) groups excluding carboxylic acids is 2. The average Bonchev–Trinajstić information content (AvgIpc) is 2.98. The fourth-order valence-electron chi connectivity index (χ4n) is 5.37. The Labute approximate surface area is 197 Å². The van der Waals surface area contributed by atoms with Crippen LogP contribution in [0.25, 0.3) is 10.9 Å². The molecule has 33 heavy (non-hydrogen) atoms. The van der Waals surface area contributed by atoms with Gasteiger partial charge in [-0.2, -0.15) is 0 Å². The lowest BCUT2D eigenvalue weighted by atomic mass is 10.0. The molecule has 0 N–H and O–H groups in total. The second-order valence-corrected chi connectivity index (χ2v) is 11.8. The molecule has 0 spiro atoms. The van der Waals surface area contributed by atoms with Crippen molar-refractivity contribution < 1.29 is 14.3 Å². The minimum Gasteiger partial charge on any atom is -0.444 e. The first-order valence-electron chi connectivity index (χ1n) is 12.2. The van der Waals surface area contributed by atoms with E-state index in [1.807, 2.05) is 32.9 Å². The van der Waals surface area contributed by atoms with E-state index in [4.69, 9.17) is 4.74 Å². The maximum Gasteiger partial charge on any atom is 0.410 e. The molecule has 2 aliphatic rings. The molecular weight excluding hydrogens is 414 g/mol. The van der Waals surface area contributed by atoms with Crippen LogP contribution >= 0.6 is 0 Å². The van der Waals surface area contributed by atoms with Crippen molar-refractivity contribution in [1.82, 2.24) is 14.4 Å². The minimum absolute atomic E-state index is 0.0289. The number of Topliss-reactive ketones (excluding diaryl/α,β-unsaturated/α-hetero) is 1. The molecule has 1 amide bonds. The molecule has 1 aliphatic carbocycles. The van der Waals surface area contributed by atoms with Crippen LogP contribution in [0.2, 0.25) is 0 Å². The predicted octanol–water partition coefficient (Wildman–Crippen LogP) is 5.06. The van der Waals surface area contributed by atoms with Gasteiger partial charge in [0.25, 0.3) is 0 Å². The van der Waals surface area contributed by atoms with E-state index in [9.17, 15) is 9.59 Å². The number of amides is 1. The summed E-state index contributed by atoms with van der Waals surface area (Å²) in [5.41, 5.74) is 1.56. The van der Waals surface area contributed by atoms with Crippen LogP contribution in [0.4, 0.5) is 4.79 Å². The Morgan fingerprint density at radius 1 is 0.970 bits per heavy atom. The predicted molar refractivity (Wildman–Crippen MR) is 132 cm³/mol. The van der Waals surface area contributed by atoms with Gasteiger partial charge in [0.05, 0.1) is 0 Å². The molecule has 0 unspecified atom stereocenters. The van der Waals surface area contributed by atoms with Crippen LogP contribution in [-0.2, 0) is 11.3 Å². The van der Waals surface area contributed by atoms with Crippen molar-refractivity contribution in [2.24, 2.45) is 16.7 Å². The summed E-state index contributed by atoms with van der Waals surface area (Å²) in [7, 11) is 0. The molecule has 1 saturated heterocycles. The number of para-hydroxylation sites is 1. The van der Waals surface area contributed by atoms with E-state index in [-0.39, 0.29) is 28.6 Å². The highest BCUT2D eigenvalue weighted by Gasteiger charge is 2.68. The number of aromatic nitrogens is 1. The van der Waals surface area contributed by atoms with Gasteiger partial charge in [0.15, 0.2) is 5.78 Å². The zero-order valence-corrected chi connectivity index (χ0v) is 21.3. The van der Waals surface area contributed by atoms with Crippen LogP contribution in [-0.4, -0.2) is 64.6 Å². The lowest BCUT2D eigenvalue weighted by molar-refractivity contribution is 0.0143. The number of hydrogen-bond donors (Lipinski definition) is 0. The summed E-state index contributed by atoms with van der Waals surface area (Å²) in [6, 6.07) is 8.23. The minimum atomic E-state index is -0.469. The summed E-state index contributed by atoms with van der Waals surface area (Å²) in [5.74, 6) is 0.330. The normalized spacial score (nSPS) is 20.8. The molecule has 0 radical (unpaired) electrons. The van der Waals surface area contributed by atoms with Crippen LogP contribution in [0.15, 0.2) is 30.5 Å². The first kappa shape index (κ1) is 23.8. The zero-order chi connectivity index (χ0) is 24.2. The number of fused-ring (bicyclic) bond motifs is 1. The van der Waals surface area contributed by atoms with E-state index < -0.39 is 5.60 Å². The van der Waals surface area contributed by atoms with Crippen molar-refractivity contribution in [3.63, 3.8) is 0 Å². The highest BCUT2D eigenvalue weighted by Crippen LogP contribution is 2.69. The summed E-state index contributed by atoms with van der Waals surface area (Å²) in [6.07, 6.45) is 1.83. The average molecular weight is 454 g/mol. The lowest BCUT2D eigenvalue weighted by Crippen LogP contribution is -2.50. The maximum absolute atomic E-state index is 13.5. The van der Waals surface area contributed by atoms with Crippen LogP contribution in [0, 0.1) is 16.7 Å². The maximum atomic E-state index is 13.5. The number of hydrogen-bond acceptors (Lipinski definition) is 4. The van der Waals surface area contributed by atoms with E-state index >= 15 is 0 Å². The van der Waals surface area contributed by atoms with Crippen LogP contribution in [0.3, 0.4) is 0 Å². The number of nitrogens with zero attached hydrogens (tertiary/aromatic N) is 3. The van der Waals surface area contributed by atoms with Gasteiger partial charge in [-0.05, 0) is 37.7 Å². The number of ketones is 1. The highest BCUT2D eigenvalue weighted by atomic mass is 16.6. The van der Waals surface area contributed by atoms with Crippen molar-refractivity contribution in [2.75, 3.05) is 32.7 Å². The van der Waals surface area contributed by atoms with Gasteiger partial charge < -0.3 is 14.2 Å². The molecule has 1 aromatic heterocycles. The summed E-state index contributed by atoms with van der Waals surface area (Å²) >= 11 is 0. The molecule has 4 rings (SSSR count). The summed E-state index contributed by atoms with van der Waals surface area (Å²) in [4.78, 5) is 30.0. The lowest BCUT2D eigenvalue weighted by Gasteiger charge is -2.35. The Morgan fingerprint density at radius 2 is 1.58 bits per heavy atom. The Morgan fingerprint density at radius 3 is 2.15 bits per heavy atom. The summed E-state index contributed by atoms with van der Waals surface area (Å²) < 4.78 is 7.73. The fourth-order valence-corrected chi connectivity index (χ4v) is 5.37. The number of piperazine rings is 1. The molecule has 6 nitrogen and oxygen atoms in total. The monoisotopic (exact) mass is 453 g/mol. The highest BCUT2D eigenvalue weighted by molar-refractivity contribution is 6.11. The van der Waals surface area contributed by atoms with Gasteiger partial charge in [-0.15, -0.1) is 0 Å². The number of benzene rings is 1. The van der Waals surface area contributed by atoms with Gasteiger partial charge in [-0.1, -0.05) is 45.9 Å². The standard InChI is InChI=1S/C27H39N3O3/c1-25(2,3)33-24(32)29-15-12-28(13-16-29)14-17-30-18-20(19-10-8-9-11-21(19)30)22(31)23-26(4,5)27(23,6)7/h8-11,18,23H,12-17H2,1-7H3. The van der Waals surface area contributed by atoms with E-state index in [1.165, 1.54) is 0 Å². The number of rotatable bonds is 5. The molecule has 2 aromatic rings. The van der Waals surface area contributed by atoms with Gasteiger partial charge >= 0.3 is 6.09 Å². The van der Waals surface area contributed by atoms with E-state index in [0.717, 1.165) is 42.6 Å². The van der Waals surface area contributed by atoms with Crippen LogP contribution in [0.5, 0.6) is 0 Å². The molecule has 1 aromatic carbocycles. The molecule has 1 saturated carbocycles. The molecule has 0 atom stereocenters. The second kappa shape index (κ2) is 8.15. The van der Waals surface area contributed by atoms with Crippen molar-refractivity contribution >= 4 is 22.8 Å². The van der Waals surface area contributed by atoms with E-state index in [1.54, 1.807) is 4.90 Å². The Hall–Kier alpha value is -2.34. The Bertz CT molecular complexity index is 1040. The molecule has 2 heterocycles.